The van der Waals surface area contributed by atoms with Crippen LogP contribution in [-0.4, -0.2) is 19.5 Å². The third kappa shape index (κ3) is 3.39. The van der Waals surface area contributed by atoms with E-state index in [9.17, 15) is 13.2 Å². The molecule has 0 atom stereocenters. The summed E-state index contributed by atoms with van der Waals surface area (Å²) in [6.45, 7) is 0. The first kappa shape index (κ1) is 15.0. The van der Waals surface area contributed by atoms with Crippen LogP contribution in [0.3, 0.4) is 0 Å². The van der Waals surface area contributed by atoms with E-state index in [-0.39, 0.29) is 21.9 Å². The highest BCUT2D eigenvalue weighted by Gasteiger charge is 2.19. The van der Waals surface area contributed by atoms with Gasteiger partial charge in [-0.25, -0.2) is 13.2 Å². The summed E-state index contributed by atoms with van der Waals surface area (Å²) in [5, 5.41) is 19.0. The van der Waals surface area contributed by atoms with E-state index in [1.54, 1.807) is 12.1 Å². The molecule has 108 valence electrons. The SMILES string of the molecule is N#CCc1ccc(S(=O)(=O)Nc2ccsc2C(=O)O)cc1. The Kier molecular flexibility index (Phi) is 4.26. The molecule has 8 heteroatoms. The van der Waals surface area contributed by atoms with E-state index in [0.717, 1.165) is 11.3 Å². The molecule has 2 N–H and O–H groups in total. The van der Waals surface area contributed by atoms with Crippen LogP contribution in [0.1, 0.15) is 15.2 Å². The lowest BCUT2D eigenvalue weighted by atomic mass is 10.2. The lowest BCUT2D eigenvalue weighted by Crippen LogP contribution is -2.14. The molecule has 0 saturated carbocycles. The lowest BCUT2D eigenvalue weighted by Gasteiger charge is -2.08. The van der Waals surface area contributed by atoms with Gasteiger partial charge in [0.2, 0.25) is 0 Å². The van der Waals surface area contributed by atoms with Crippen LogP contribution in [0.2, 0.25) is 0 Å². The quantitative estimate of drug-likeness (QED) is 0.878. The zero-order chi connectivity index (χ0) is 15.5. The second-order valence-electron chi connectivity index (χ2n) is 4.05. The molecule has 6 nitrogen and oxygen atoms in total. The summed E-state index contributed by atoms with van der Waals surface area (Å²) < 4.78 is 26.6. The van der Waals surface area contributed by atoms with Crippen LogP contribution >= 0.6 is 11.3 Å². The van der Waals surface area contributed by atoms with Gasteiger partial charge in [-0.2, -0.15) is 5.26 Å². The number of carboxylic acid groups (broad SMARTS) is 1. The highest BCUT2D eigenvalue weighted by Crippen LogP contribution is 2.25. The van der Waals surface area contributed by atoms with E-state index in [1.165, 1.54) is 23.6 Å². The van der Waals surface area contributed by atoms with Crippen molar-refractivity contribution in [3.8, 4) is 6.07 Å². The molecule has 1 aromatic carbocycles. The van der Waals surface area contributed by atoms with Crippen LogP contribution in [0.5, 0.6) is 0 Å². The average Bonchev–Trinajstić information content (AvgIpc) is 2.87. The maximum atomic E-state index is 12.2. The molecule has 0 saturated heterocycles. The first-order valence-corrected chi connectivity index (χ1v) is 8.10. The van der Waals surface area contributed by atoms with Crippen molar-refractivity contribution in [2.24, 2.45) is 0 Å². The molecule has 0 aliphatic carbocycles. The first-order chi connectivity index (χ1) is 9.94. The fraction of sp³-hybridized carbons (Fsp3) is 0.0769. The predicted molar refractivity (Wildman–Crippen MR) is 77.8 cm³/mol. The van der Waals surface area contributed by atoms with Crippen LogP contribution in [0.4, 0.5) is 5.69 Å². The normalized spacial score (nSPS) is 10.8. The minimum atomic E-state index is -3.86. The van der Waals surface area contributed by atoms with Gasteiger partial charge in [0.25, 0.3) is 10.0 Å². The van der Waals surface area contributed by atoms with Crippen molar-refractivity contribution in [1.82, 2.24) is 0 Å². The van der Waals surface area contributed by atoms with Crippen LogP contribution in [-0.2, 0) is 16.4 Å². The van der Waals surface area contributed by atoms with Crippen molar-refractivity contribution < 1.29 is 18.3 Å². The molecular formula is C13H10N2O4S2. The standard InChI is InChI=1S/C13H10N2O4S2/c14-7-5-9-1-3-10(4-2-9)21(18,19)15-11-6-8-20-12(11)13(16)17/h1-4,6,8,15H,5H2,(H,16,17). The molecule has 0 aliphatic heterocycles. The Balaban J connectivity index is 2.28. The Morgan fingerprint density at radius 1 is 1.29 bits per heavy atom. The second kappa shape index (κ2) is 5.95. The summed E-state index contributed by atoms with van der Waals surface area (Å²) in [7, 11) is -3.86. The number of hydrogen-bond acceptors (Lipinski definition) is 5. The average molecular weight is 322 g/mol. The number of nitrogens with zero attached hydrogens (tertiary/aromatic N) is 1. The van der Waals surface area contributed by atoms with Gasteiger partial charge in [-0.3, -0.25) is 4.72 Å². The van der Waals surface area contributed by atoms with Crippen LogP contribution in [0.15, 0.2) is 40.6 Å². The molecule has 1 aromatic heterocycles. The molecular weight excluding hydrogens is 312 g/mol. The number of hydrogen-bond donors (Lipinski definition) is 2. The Morgan fingerprint density at radius 3 is 2.52 bits per heavy atom. The van der Waals surface area contributed by atoms with E-state index >= 15 is 0 Å². The lowest BCUT2D eigenvalue weighted by molar-refractivity contribution is 0.0703. The molecule has 21 heavy (non-hydrogen) atoms. The minimum Gasteiger partial charge on any atom is -0.477 e. The van der Waals surface area contributed by atoms with E-state index in [0.29, 0.717) is 5.56 Å². The van der Waals surface area contributed by atoms with Gasteiger partial charge in [0.1, 0.15) is 4.88 Å². The van der Waals surface area contributed by atoms with Crippen molar-refractivity contribution in [1.29, 1.82) is 5.26 Å². The number of nitrogens with one attached hydrogen (secondary N) is 1. The Labute approximate surface area is 125 Å². The molecule has 0 bridgehead atoms. The van der Waals surface area contributed by atoms with Crippen LogP contribution < -0.4 is 4.72 Å². The van der Waals surface area contributed by atoms with E-state index < -0.39 is 16.0 Å². The van der Waals surface area contributed by atoms with Crippen molar-refractivity contribution in [2.75, 3.05) is 4.72 Å². The number of sulfonamides is 1. The van der Waals surface area contributed by atoms with E-state index in [1.807, 2.05) is 6.07 Å². The zero-order valence-corrected chi connectivity index (χ0v) is 12.2. The summed E-state index contributed by atoms with van der Waals surface area (Å²) in [6, 6.07) is 9.21. The van der Waals surface area contributed by atoms with Gasteiger partial charge in [-0.15, -0.1) is 11.3 Å². The summed E-state index contributed by atoms with van der Waals surface area (Å²) >= 11 is 0.940. The molecule has 0 unspecified atom stereocenters. The summed E-state index contributed by atoms with van der Waals surface area (Å²) in [4.78, 5) is 10.9. The van der Waals surface area contributed by atoms with Gasteiger partial charge >= 0.3 is 5.97 Å². The fourth-order valence-electron chi connectivity index (χ4n) is 1.64. The Hall–Kier alpha value is -2.37. The molecule has 2 aromatic rings. The van der Waals surface area contributed by atoms with Gasteiger partial charge in [0.05, 0.1) is 23.1 Å². The number of nitriles is 1. The van der Waals surface area contributed by atoms with Crippen LogP contribution in [0.25, 0.3) is 0 Å². The number of carboxylic acids is 1. The van der Waals surface area contributed by atoms with Crippen molar-refractivity contribution in [2.45, 2.75) is 11.3 Å². The van der Waals surface area contributed by atoms with Crippen molar-refractivity contribution in [3.63, 3.8) is 0 Å². The largest absolute Gasteiger partial charge is 0.477 e. The zero-order valence-electron chi connectivity index (χ0n) is 10.6. The van der Waals surface area contributed by atoms with Crippen molar-refractivity contribution >= 4 is 33.0 Å². The number of thiophene rings is 1. The molecule has 2 rings (SSSR count). The smallest absolute Gasteiger partial charge is 0.348 e. The highest BCUT2D eigenvalue weighted by atomic mass is 32.2. The van der Waals surface area contributed by atoms with Gasteiger partial charge < -0.3 is 5.11 Å². The number of aromatic carboxylic acids is 1. The number of carbonyl (C=O) groups is 1. The fourth-order valence-corrected chi connectivity index (χ4v) is 3.46. The molecule has 1 heterocycles. The van der Waals surface area contributed by atoms with E-state index in [4.69, 9.17) is 10.4 Å². The first-order valence-electron chi connectivity index (χ1n) is 5.73. The number of rotatable bonds is 5. The predicted octanol–water partition coefficient (Wildman–Crippen LogP) is 2.31. The Bertz CT molecular complexity index is 801. The van der Waals surface area contributed by atoms with Gasteiger partial charge in [0.15, 0.2) is 0 Å². The monoisotopic (exact) mass is 322 g/mol. The summed E-state index contributed by atoms with van der Waals surface area (Å²) in [6.07, 6.45) is 0.196. The molecule has 0 radical (unpaired) electrons. The third-order valence-electron chi connectivity index (χ3n) is 2.62. The van der Waals surface area contributed by atoms with Crippen LogP contribution in [0, 0.1) is 11.3 Å². The molecule has 0 fully saturated rings. The maximum Gasteiger partial charge on any atom is 0.348 e. The number of anilines is 1. The third-order valence-corrected chi connectivity index (χ3v) is 4.90. The molecule has 0 spiro atoms. The topological polar surface area (TPSA) is 107 Å². The van der Waals surface area contributed by atoms with Crippen molar-refractivity contribution in [3.05, 3.63) is 46.2 Å². The number of benzene rings is 1. The maximum absolute atomic E-state index is 12.2. The Morgan fingerprint density at radius 2 is 1.95 bits per heavy atom. The highest BCUT2D eigenvalue weighted by molar-refractivity contribution is 7.92. The molecule has 0 amide bonds. The van der Waals surface area contributed by atoms with Gasteiger partial charge in [-0.05, 0) is 29.1 Å². The summed E-state index contributed by atoms with van der Waals surface area (Å²) in [5.74, 6) is -1.19. The van der Waals surface area contributed by atoms with Gasteiger partial charge in [-0.1, -0.05) is 12.1 Å². The minimum absolute atomic E-state index is 0.00623. The van der Waals surface area contributed by atoms with Gasteiger partial charge in [0, 0.05) is 0 Å². The van der Waals surface area contributed by atoms with E-state index in [2.05, 4.69) is 4.72 Å². The second-order valence-corrected chi connectivity index (χ2v) is 6.65. The summed E-state index contributed by atoms with van der Waals surface area (Å²) in [5.41, 5.74) is 0.742. The molecule has 0 aliphatic rings.